The standard InChI is InChI=1S/C25H33NO4Si/c1-29-20-11-9-19(10-12-20)25(26-24(28)17-21-6-5-15-30-21)23(27)16-18-7-13-22(14-8-18)31(2,3)4/h7-14,21,25H,5-6,15-17H2,1-4H3,(H,26,28). The maximum Gasteiger partial charge on any atom is 0.223 e. The van der Waals surface area contributed by atoms with Gasteiger partial charge in [-0.3, -0.25) is 9.59 Å². The van der Waals surface area contributed by atoms with Crippen LogP contribution in [-0.4, -0.2) is 39.6 Å². The number of amides is 1. The van der Waals surface area contributed by atoms with E-state index in [2.05, 4.69) is 37.1 Å². The van der Waals surface area contributed by atoms with Gasteiger partial charge in [0.2, 0.25) is 5.91 Å². The molecule has 0 bridgehead atoms. The molecule has 2 unspecified atom stereocenters. The van der Waals surface area contributed by atoms with Crippen molar-refractivity contribution in [2.45, 2.75) is 57.5 Å². The smallest absolute Gasteiger partial charge is 0.223 e. The average Bonchev–Trinajstić information content (AvgIpc) is 3.25. The summed E-state index contributed by atoms with van der Waals surface area (Å²) >= 11 is 0. The molecule has 6 heteroatoms. The van der Waals surface area contributed by atoms with Crippen molar-refractivity contribution in [1.29, 1.82) is 0 Å². The molecule has 1 saturated heterocycles. The zero-order valence-electron chi connectivity index (χ0n) is 18.9. The van der Waals surface area contributed by atoms with Crippen LogP contribution in [0.15, 0.2) is 48.5 Å². The van der Waals surface area contributed by atoms with E-state index in [1.807, 2.05) is 36.4 Å². The highest BCUT2D eigenvalue weighted by atomic mass is 28.3. The SMILES string of the molecule is COc1ccc(C(NC(=O)CC2CCCO2)C(=O)Cc2ccc([Si](C)(C)C)cc2)cc1. The average molecular weight is 440 g/mol. The van der Waals surface area contributed by atoms with E-state index in [1.165, 1.54) is 5.19 Å². The van der Waals surface area contributed by atoms with E-state index < -0.39 is 14.1 Å². The van der Waals surface area contributed by atoms with Gasteiger partial charge in [0.05, 0.1) is 27.7 Å². The Labute approximate surface area is 186 Å². The first-order valence-electron chi connectivity index (χ1n) is 10.9. The van der Waals surface area contributed by atoms with Crippen LogP contribution < -0.4 is 15.2 Å². The molecule has 0 aliphatic carbocycles. The number of benzene rings is 2. The van der Waals surface area contributed by atoms with E-state index in [4.69, 9.17) is 9.47 Å². The van der Waals surface area contributed by atoms with E-state index in [-0.39, 0.29) is 30.6 Å². The molecule has 0 spiro atoms. The van der Waals surface area contributed by atoms with Gasteiger partial charge in [-0.1, -0.05) is 61.2 Å². The summed E-state index contributed by atoms with van der Waals surface area (Å²) in [7, 11) is 0.217. The monoisotopic (exact) mass is 439 g/mol. The molecule has 5 nitrogen and oxygen atoms in total. The second kappa shape index (κ2) is 10.2. The summed E-state index contributed by atoms with van der Waals surface area (Å²) in [5.74, 6) is 0.518. The molecule has 1 aliphatic heterocycles. The van der Waals surface area contributed by atoms with Crippen LogP contribution >= 0.6 is 0 Å². The Morgan fingerprint density at radius 3 is 2.32 bits per heavy atom. The minimum absolute atomic E-state index is 0.0355. The number of ether oxygens (including phenoxy) is 2. The third-order valence-electron chi connectivity index (χ3n) is 5.71. The molecule has 2 atom stereocenters. The Morgan fingerprint density at radius 2 is 1.77 bits per heavy atom. The number of hydrogen-bond donors (Lipinski definition) is 1. The first-order valence-corrected chi connectivity index (χ1v) is 14.4. The highest BCUT2D eigenvalue weighted by Crippen LogP contribution is 2.22. The van der Waals surface area contributed by atoms with Gasteiger partial charge >= 0.3 is 0 Å². The molecule has 1 heterocycles. The molecule has 1 aliphatic rings. The number of hydrogen-bond acceptors (Lipinski definition) is 4. The summed E-state index contributed by atoms with van der Waals surface area (Å²) in [6.07, 6.45) is 2.36. The molecule has 2 aromatic rings. The van der Waals surface area contributed by atoms with Crippen LogP contribution in [0.4, 0.5) is 0 Å². The lowest BCUT2D eigenvalue weighted by Gasteiger charge is -2.20. The first-order chi connectivity index (χ1) is 14.8. The zero-order valence-corrected chi connectivity index (χ0v) is 19.9. The minimum atomic E-state index is -1.39. The fourth-order valence-corrected chi connectivity index (χ4v) is 4.97. The van der Waals surface area contributed by atoms with Gasteiger partial charge in [0, 0.05) is 13.0 Å². The van der Waals surface area contributed by atoms with Crippen molar-refractivity contribution in [2.75, 3.05) is 13.7 Å². The summed E-state index contributed by atoms with van der Waals surface area (Å²) < 4.78 is 10.8. The van der Waals surface area contributed by atoms with E-state index >= 15 is 0 Å². The Bertz CT molecular complexity index is 881. The largest absolute Gasteiger partial charge is 0.497 e. The van der Waals surface area contributed by atoms with Crippen LogP contribution in [-0.2, 0) is 20.7 Å². The number of rotatable bonds is 9. The third kappa shape index (κ3) is 6.52. The Morgan fingerprint density at radius 1 is 1.10 bits per heavy atom. The number of ketones is 1. The summed E-state index contributed by atoms with van der Waals surface area (Å²) in [6, 6.07) is 14.9. The fraction of sp³-hybridized carbons (Fsp3) is 0.440. The van der Waals surface area contributed by atoms with E-state index in [0.717, 1.165) is 24.0 Å². The van der Waals surface area contributed by atoms with Crippen molar-refractivity contribution in [3.63, 3.8) is 0 Å². The summed E-state index contributed by atoms with van der Waals surface area (Å²) in [4.78, 5) is 25.9. The lowest BCUT2D eigenvalue weighted by atomic mass is 9.97. The van der Waals surface area contributed by atoms with Gasteiger partial charge in [0.15, 0.2) is 5.78 Å². The molecular formula is C25H33NO4Si. The van der Waals surface area contributed by atoms with Crippen LogP contribution in [0.2, 0.25) is 19.6 Å². The lowest BCUT2D eigenvalue weighted by Crippen LogP contribution is -2.37. The Balaban J connectivity index is 1.75. The highest BCUT2D eigenvalue weighted by molar-refractivity contribution is 6.88. The molecular weight excluding hydrogens is 406 g/mol. The zero-order chi connectivity index (χ0) is 22.4. The van der Waals surface area contributed by atoms with Crippen LogP contribution in [0.1, 0.15) is 36.4 Å². The van der Waals surface area contributed by atoms with Crippen LogP contribution in [0, 0.1) is 0 Å². The normalized spacial score (nSPS) is 17.2. The maximum absolute atomic E-state index is 13.3. The summed E-state index contributed by atoms with van der Waals surface area (Å²) in [5, 5.41) is 4.31. The molecule has 31 heavy (non-hydrogen) atoms. The predicted octanol–water partition coefficient (Wildman–Crippen LogP) is 3.78. The quantitative estimate of drug-likeness (QED) is 0.604. The van der Waals surface area contributed by atoms with E-state index in [0.29, 0.717) is 12.4 Å². The van der Waals surface area contributed by atoms with E-state index in [1.54, 1.807) is 7.11 Å². The summed E-state index contributed by atoms with van der Waals surface area (Å²) in [5.41, 5.74) is 1.71. The molecule has 0 radical (unpaired) electrons. The van der Waals surface area contributed by atoms with Gasteiger partial charge in [0.1, 0.15) is 11.8 Å². The van der Waals surface area contributed by atoms with Gasteiger partial charge < -0.3 is 14.8 Å². The molecule has 3 rings (SSSR count). The van der Waals surface area contributed by atoms with Gasteiger partial charge in [-0.2, -0.15) is 0 Å². The number of Topliss-reactive ketones (excluding diaryl/α,β-unsaturated/α-hetero) is 1. The number of methoxy groups -OCH3 is 1. The predicted molar refractivity (Wildman–Crippen MR) is 126 cm³/mol. The summed E-state index contributed by atoms with van der Waals surface area (Å²) in [6.45, 7) is 7.61. The molecule has 0 saturated carbocycles. The molecule has 1 amide bonds. The van der Waals surface area contributed by atoms with Crippen molar-refractivity contribution in [3.8, 4) is 5.75 Å². The van der Waals surface area contributed by atoms with Crippen LogP contribution in [0.25, 0.3) is 0 Å². The topological polar surface area (TPSA) is 64.6 Å². The van der Waals surface area contributed by atoms with Gasteiger partial charge in [-0.05, 0) is 36.1 Å². The molecule has 2 aromatic carbocycles. The van der Waals surface area contributed by atoms with Crippen LogP contribution in [0.3, 0.4) is 0 Å². The molecule has 0 aromatic heterocycles. The number of carbonyl (C=O) groups excluding carboxylic acids is 2. The minimum Gasteiger partial charge on any atom is -0.497 e. The van der Waals surface area contributed by atoms with Crippen molar-refractivity contribution in [3.05, 3.63) is 59.7 Å². The first kappa shape index (κ1) is 23.2. The highest BCUT2D eigenvalue weighted by Gasteiger charge is 2.26. The third-order valence-corrected chi connectivity index (χ3v) is 7.78. The Hall–Kier alpha value is -2.44. The van der Waals surface area contributed by atoms with E-state index in [9.17, 15) is 9.59 Å². The molecule has 1 fully saturated rings. The fourth-order valence-electron chi connectivity index (χ4n) is 3.80. The lowest BCUT2D eigenvalue weighted by molar-refractivity contribution is -0.129. The second-order valence-corrected chi connectivity index (χ2v) is 14.3. The van der Waals surface area contributed by atoms with Crippen molar-refractivity contribution >= 4 is 25.0 Å². The molecule has 166 valence electrons. The van der Waals surface area contributed by atoms with Crippen molar-refractivity contribution in [2.24, 2.45) is 0 Å². The number of nitrogens with one attached hydrogen (secondary N) is 1. The van der Waals surface area contributed by atoms with Crippen molar-refractivity contribution < 1.29 is 19.1 Å². The maximum atomic E-state index is 13.3. The Kier molecular flexibility index (Phi) is 7.67. The van der Waals surface area contributed by atoms with Gasteiger partial charge in [-0.15, -0.1) is 0 Å². The second-order valence-electron chi connectivity index (χ2n) is 9.20. The van der Waals surface area contributed by atoms with Gasteiger partial charge in [0.25, 0.3) is 0 Å². The van der Waals surface area contributed by atoms with Crippen LogP contribution in [0.5, 0.6) is 5.75 Å². The van der Waals surface area contributed by atoms with Crippen molar-refractivity contribution in [1.82, 2.24) is 5.32 Å². The molecule has 1 N–H and O–H groups in total. The number of carbonyl (C=O) groups is 2. The van der Waals surface area contributed by atoms with Gasteiger partial charge in [-0.25, -0.2) is 0 Å².